The molecule has 42 heavy (non-hydrogen) atoms. The van der Waals surface area contributed by atoms with Gasteiger partial charge in [0.1, 0.15) is 0 Å². The molecule has 3 heteroatoms. The third-order valence-electron chi connectivity index (χ3n) is 8.55. The Morgan fingerprint density at radius 1 is 0.619 bits per heavy atom. The first-order valence-electron chi connectivity index (χ1n) is 14.6. The van der Waals surface area contributed by atoms with Crippen molar-refractivity contribution in [1.82, 2.24) is 0 Å². The topological polar surface area (TPSA) is 0 Å². The molecular weight excluding hydrogens is 718 g/mol. The van der Waals surface area contributed by atoms with Gasteiger partial charge in [0, 0.05) is 0 Å². The van der Waals surface area contributed by atoms with E-state index in [0.717, 1.165) is 6.42 Å². The van der Waals surface area contributed by atoms with Gasteiger partial charge in [-0.25, -0.2) is 0 Å². The van der Waals surface area contributed by atoms with Crippen molar-refractivity contribution in [2.45, 2.75) is 62.5 Å². The van der Waals surface area contributed by atoms with Gasteiger partial charge in [-0.15, -0.1) is 24.8 Å². The Bertz CT molecular complexity index is 1560. The first-order valence-corrected chi connectivity index (χ1v) is 20.3. The van der Waals surface area contributed by atoms with Crippen LogP contribution in [0.2, 0.25) is 0 Å². The van der Waals surface area contributed by atoms with Crippen molar-refractivity contribution in [3.05, 3.63) is 152 Å². The van der Waals surface area contributed by atoms with Crippen LogP contribution in [0.1, 0.15) is 85.0 Å². The van der Waals surface area contributed by atoms with E-state index in [9.17, 15) is 0 Å². The number of benzene rings is 4. The van der Waals surface area contributed by atoms with Crippen LogP contribution in [-0.4, -0.2) is 3.26 Å². The molecule has 0 fully saturated rings. The predicted octanol–water partition coefficient (Wildman–Crippen LogP) is 10.9. The molecule has 6 rings (SSSR count). The van der Waals surface area contributed by atoms with Crippen molar-refractivity contribution in [1.29, 1.82) is 0 Å². The van der Waals surface area contributed by atoms with Crippen LogP contribution in [0.25, 0.3) is 11.1 Å². The number of hydrogen-bond donors (Lipinski definition) is 0. The molecule has 4 aromatic rings. The van der Waals surface area contributed by atoms with Crippen molar-refractivity contribution in [2.75, 3.05) is 0 Å². The summed E-state index contributed by atoms with van der Waals surface area (Å²) in [7, 11) is 0. The summed E-state index contributed by atoms with van der Waals surface area (Å²) in [5.74, 6) is 0. The maximum atomic E-state index is 2.58. The van der Waals surface area contributed by atoms with Gasteiger partial charge in [0.2, 0.25) is 0 Å². The van der Waals surface area contributed by atoms with Crippen molar-refractivity contribution in [2.24, 2.45) is 0 Å². The van der Waals surface area contributed by atoms with Gasteiger partial charge < -0.3 is 0 Å². The zero-order valence-corrected chi connectivity index (χ0v) is 30.8. The maximum Gasteiger partial charge on any atom is -0.147 e. The average molecular weight is 760 g/mol. The van der Waals surface area contributed by atoms with E-state index in [1.165, 1.54) is 33.4 Å². The molecule has 0 saturated heterocycles. The SMILES string of the molecule is CC(C)(C)c1ccc2c(c1)[CH]([Hf]([C]1=CC=CC1)=[C](c1ccccc1)c1ccccc1)c1cc(C(C)(C)C)ccc1-2.Cl.Cl. The van der Waals surface area contributed by atoms with E-state index in [2.05, 4.69) is 157 Å². The summed E-state index contributed by atoms with van der Waals surface area (Å²) in [5, 5.41) is 0. The molecule has 0 unspecified atom stereocenters. The smallest absolute Gasteiger partial charge is 0.147 e. The van der Waals surface area contributed by atoms with Gasteiger partial charge >= 0.3 is 250 Å². The Kier molecular flexibility index (Phi) is 9.88. The first-order chi connectivity index (χ1) is 19.1. The molecule has 0 spiro atoms. The molecular formula is C39H42Cl2Hf. The van der Waals surface area contributed by atoms with Gasteiger partial charge in [-0.1, -0.05) is 0 Å². The fourth-order valence-electron chi connectivity index (χ4n) is 6.33. The van der Waals surface area contributed by atoms with Crippen LogP contribution in [0, 0.1) is 0 Å². The van der Waals surface area contributed by atoms with E-state index in [0.29, 0.717) is 3.67 Å². The molecule has 216 valence electrons. The van der Waals surface area contributed by atoms with Crippen molar-refractivity contribution >= 4 is 28.1 Å². The third kappa shape index (κ3) is 6.17. The van der Waals surface area contributed by atoms with E-state index in [1.54, 1.807) is 17.7 Å². The number of allylic oxidation sites excluding steroid dienone is 4. The summed E-state index contributed by atoms with van der Waals surface area (Å²) in [6.07, 6.45) is 8.25. The van der Waals surface area contributed by atoms with Gasteiger partial charge in [-0.05, 0) is 0 Å². The minimum atomic E-state index is -2.90. The second-order valence-electron chi connectivity index (χ2n) is 13.4. The monoisotopic (exact) mass is 760 g/mol. The fraction of sp³-hybridized carbons (Fsp3) is 0.256. The van der Waals surface area contributed by atoms with Gasteiger partial charge in [-0.3, -0.25) is 0 Å². The summed E-state index contributed by atoms with van der Waals surface area (Å²) in [4.78, 5) is 0. The molecule has 2 aliphatic rings. The normalized spacial score (nSPS) is 13.9. The van der Waals surface area contributed by atoms with Crippen molar-refractivity contribution in [3.63, 3.8) is 0 Å². The molecule has 0 bridgehead atoms. The quantitative estimate of drug-likeness (QED) is 0.182. The van der Waals surface area contributed by atoms with E-state index >= 15 is 0 Å². The van der Waals surface area contributed by atoms with Crippen molar-refractivity contribution in [3.8, 4) is 11.1 Å². The molecule has 0 atom stereocenters. The standard InChI is InChI=1S/C21H25.C13H10.C5H5.2ClH.Hf/c1-20(2,3)16-7-9-18-14(12-16)11-15-13-17(21(4,5)6)8-10-19(15)18;1-3-7-12(8-4-1)11-13-9-5-2-6-10-13;1-2-4-5-3-1;;;/h7-13H,1-6H3;1-10H;1-3H,4H2;2*1H;. The molecule has 0 heterocycles. The van der Waals surface area contributed by atoms with Crippen LogP contribution in [0.5, 0.6) is 0 Å². The van der Waals surface area contributed by atoms with Crippen LogP contribution in [0.4, 0.5) is 0 Å². The Morgan fingerprint density at radius 3 is 1.45 bits per heavy atom. The number of halogens is 2. The number of rotatable bonds is 4. The molecule has 0 amide bonds. The summed E-state index contributed by atoms with van der Waals surface area (Å²) >= 11 is -2.90. The number of hydrogen-bond acceptors (Lipinski definition) is 0. The largest absolute Gasteiger partial charge is 0.147 e. The van der Waals surface area contributed by atoms with Crippen LogP contribution >= 0.6 is 24.8 Å². The summed E-state index contributed by atoms with van der Waals surface area (Å²) < 4.78 is 3.78. The molecule has 0 N–H and O–H groups in total. The average Bonchev–Trinajstić information content (AvgIpc) is 3.58. The van der Waals surface area contributed by atoms with Crippen molar-refractivity contribution < 1.29 is 21.0 Å². The van der Waals surface area contributed by atoms with Gasteiger partial charge in [0.25, 0.3) is 0 Å². The Morgan fingerprint density at radius 2 is 1.07 bits per heavy atom. The summed E-state index contributed by atoms with van der Waals surface area (Å²) in [6.45, 7) is 14.1. The minimum Gasteiger partial charge on any atom is -0.147 e. The zero-order chi connectivity index (χ0) is 28.1. The van der Waals surface area contributed by atoms with Crippen LogP contribution in [0.3, 0.4) is 0 Å². The Labute approximate surface area is 272 Å². The Hall–Kier alpha value is -2.32. The summed E-state index contributed by atoms with van der Waals surface area (Å²) in [5.41, 5.74) is 11.9. The van der Waals surface area contributed by atoms with E-state index in [-0.39, 0.29) is 35.6 Å². The van der Waals surface area contributed by atoms with Gasteiger partial charge in [-0.2, -0.15) is 0 Å². The molecule has 0 aromatic heterocycles. The fourth-order valence-corrected chi connectivity index (χ4v) is 19.4. The molecule has 0 aliphatic heterocycles. The Balaban J connectivity index is 0.00000202. The second-order valence-corrected chi connectivity index (χ2v) is 22.5. The van der Waals surface area contributed by atoms with Crippen LogP contribution < -0.4 is 0 Å². The van der Waals surface area contributed by atoms with E-state index < -0.39 is 21.0 Å². The minimum absolute atomic E-state index is 0. The predicted molar refractivity (Wildman–Crippen MR) is 184 cm³/mol. The maximum absolute atomic E-state index is 2.90. The zero-order valence-electron chi connectivity index (χ0n) is 25.6. The van der Waals surface area contributed by atoms with Gasteiger partial charge in [0.15, 0.2) is 0 Å². The molecule has 2 aliphatic carbocycles. The molecule has 4 aromatic carbocycles. The second kappa shape index (κ2) is 12.7. The molecule has 0 nitrogen and oxygen atoms in total. The molecule has 0 radical (unpaired) electrons. The third-order valence-corrected chi connectivity index (χ3v) is 20.7. The van der Waals surface area contributed by atoms with Crippen LogP contribution in [0.15, 0.2) is 119 Å². The molecule has 0 saturated carbocycles. The van der Waals surface area contributed by atoms with Gasteiger partial charge in [0.05, 0.1) is 0 Å². The first kappa shape index (κ1) is 32.6. The summed E-state index contributed by atoms with van der Waals surface area (Å²) in [6, 6.07) is 37.4. The number of fused-ring (bicyclic) bond motifs is 3. The van der Waals surface area contributed by atoms with E-state index in [1.807, 2.05) is 0 Å². The van der Waals surface area contributed by atoms with Crippen LogP contribution in [-0.2, 0) is 31.8 Å². The van der Waals surface area contributed by atoms with E-state index in [4.69, 9.17) is 0 Å².